The van der Waals surface area contributed by atoms with Gasteiger partial charge in [0.05, 0.1) is 0 Å². The number of carbonyl (C=O) groups excluding carboxylic acids is 3. The number of esters is 3. The number of hydrogen-bond donors (Lipinski definition) is 0. The predicted octanol–water partition coefficient (Wildman–Crippen LogP) is 18.8. The molecule has 1 atom stereocenters. The summed E-state index contributed by atoms with van der Waals surface area (Å²) in [6.07, 6.45) is 58.2. The van der Waals surface area contributed by atoms with E-state index in [1.54, 1.807) is 0 Å². The molecule has 0 aliphatic rings. The molecule has 0 rings (SSSR count). The molecule has 0 aliphatic heterocycles. The van der Waals surface area contributed by atoms with Crippen molar-refractivity contribution in [2.24, 2.45) is 0 Å². The first-order valence-electron chi connectivity index (χ1n) is 28.5. The molecule has 0 bridgehead atoms. The molecule has 1 unspecified atom stereocenters. The van der Waals surface area contributed by atoms with Crippen molar-refractivity contribution < 1.29 is 28.6 Å². The summed E-state index contributed by atoms with van der Waals surface area (Å²) in [6.45, 7) is 6.69. The molecule has 0 aromatic heterocycles. The topological polar surface area (TPSA) is 78.9 Å². The Labute approximate surface area is 393 Å². The van der Waals surface area contributed by atoms with E-state index in [-0.39, 0.29) is 31.1 Å². The summed E-state index contributed by atoms with van der Waals surface area (Å²) in [5.41, 5.74) is 0. The van der Waals surface area contributed by atoms with E-state index in [0.29, 0.717) is 19.3 Å². The molecule has 0 aromatic carbocycles. The van der Waals surface area contributed by atoms with Crippen LogP contribution < -0.4 is 0 Å². The van der Waals surface area contributed by atoms with Gasteiger partial charge < -0.3 is 14.2 Å². The second-order valence-corrected chi connectivity index (χ2v) is 19.6. The highest BCUT2D eigenvalue weighted by atomic mass is 16.6. The second-order valence-electron chi connectivity index (χ2n) is 19.6. The smallest absolute Gasteiger partial charge is 0.306 e. The van der Waals surface area contributed by atoms with Gasteiger partial charge in [0.15, 0.2) is 6.10 Å². The maximum atomic E-state index is 12.8. The van der Waals surface area contributed by atoms with Crippen LogP contribution in [-0.2, 0) is 28.6 Å². The van der Waals surface area contributed by atoms with Crippen molar-refractivity contribution in [3.63, 3.8) is 0 Å². The van der Waals surface area contributed by atoms with E-state index in [0.717, 1.165) is 57.8 Å². The standard InChI is InChI=1S/C57H110O6/c1-4-7-10-13-16-19-22-24-25-26-27-28-29-30-31-32-33-36-38-41-44-47-50-56(59)62-53-54(52-61-55(58)49-46-43-40-37-34-21-18-15-12-9-6-3)63-57(60)51-48-45-42-39-35-23-20-17-14-11-8-5-2/h54H,4-53H2,1-3H3. The zero-order valence-electron chi connectivity index (χ0n) is 42.9. The Balaban J connectivity index is 4.17. The Morgan fingerprint density at radius 2 is 0.429 bits per heavy atom. The molecule has 0 aliphatic carbocycles. The van der Waals surface area contributed by atoms with E-state index in [4.69, 9.17) is 14.2 Å². The quantitative estimate of drug-likeness (QED) is 0.0344. The third-order valence-electron chi connectivity index (χ3n) is 13.1. The molecular formula is C57H110O6. The van der Waals surface area contributed by atoms with E-state index in [9.17, 15) is 14.4 Å². The third kappa shape index (κ3) is 51.3. The largest absolute Gasteiger partial charge is 0.462 e. The van der Waals surface area contributed by atoms with Crippen molar-refractivity contribution in [1.29, 1.82) is 0 Å². The van der Waals surface area contributed by atoms with Gasteiger partial charge in [0.2, 0.25) is 0 Å². The molecule has 0 saturated heterocycles. The summed E-state index contributed by atoms with van der Waals surface area (Å²) in [4.78, 5) is 38.0. The summed E-state index contributed by atoms with van der Waals surface area (Å²) in [5.74, 6) is -0.837. The average Bonchev–Trinajstić information content (AvgIpc) is 3.28. The van der Waals surface area contributed by atoms with Crippen molar-refractivity contribution in [2.45, 2.75) is 335 Å². The molecular weight excluding hydrogens is 781 g/mol. The monoisotopic (exact) mass is 891 g/mol. The number of hydrogen-bond acceptors (Lipinski definition) is 6. The van der Waals surface area contributed by atoms with Crippen LogP contribution in [0.4, 0.5) is 0 Å². The minimum atomic E-state index is -0.760. The summed E-state index contributed by atoms with van der Waals surface area (Å²) < 4.78 is 16.8. The Morgan fingerprint density at radius 3 is 0.635 bits per heavy atom. The van der Waals surface area contributed by atoms with Crippen LogP contribution in [0.2, 0.25) is 0 Å². The zero-order chi connectivity index (χ0) is 45.8. The molecule has 0 spiro atoms. The molecule has 6 heteroatoms. The van der Waals surface area contributed by atoms with Crippen LogP contribution in [0.25, 0.3) is 0 Å². The van der Waals surface area contributed by atoms with Crippen LogP contribution in [0.1, 0.15) is 329 Å². The molecule has 0 N–H and O–H groups in total. The molecule has 374 valence electrons. The number of ether oxygens (including phenoxy) is 3. The van der Waals surface area contributed by atoms with E-state index >= 15 is 0 Å². The van der Waals surface area contributed by atoms with Gasteiger partial charge in [-0.15, -0.1) is 0 Å². The highest BCUT2D eigenvalue weighted by Gasteiger charge is 2.19. The van der Waals surface area contributed by atoms with Crippen molar-refractivity contribution in [3.05, 3.63) is 0 Å². The Hall–Kier alpha value is -1.59. The van der Waals surface area contributed by atoms with Crippen molar-refractivity contribution in [1.82, 2.24) is 0 Å². The van der Waals surface area contributed by atoms with Gasteiger partial charge in [-0.25, -0.2) is 0 Å². The SMILES string of the molecule is CCCCCCCCCCCCCCCCCCCCCCCCC(=O)OCC(COC(=O)CCCCCCCCCCCCC)OC(=O)CCCCCCCCCCCCCC. The van der Waals surface area contributed by atoms with E-state index in [1.165, 1.54) is 231 Å². The average molecular weight is 892 g/mol. The van der Waals surface area contributed by atoms with Gasteiger partial charge in [0, 0.05) is 19.3 Å². The van der Waals surface area contributed by atoms with Gasteiger partial charge in [-0.05, 0) is 19.3 Å². The Kier molecular flexibility index (Phi) is 51.7. The molecule has 0 radical (unpaired) electrons. The fourth-order valence-electron chi connectivity index (χ4n) is 8.80. The summed E-state index contributed by atoms with van der Waals surface area (Å²) in [6, 6.07) is 0. The first kappa shape index (κ1) is 61.4. The van der Waals surface area contributed by atoms with Crippen LogP contribution in [-0.4, -0.2) is 37.2 Å². The molecule has 0 fully saturated rings. The van der Waals surface area contributed by atoms with E-state index in [1.807, 2.05) is 0 Å². The van der Waals surface area contributed by atoms with Gasteiger partial charge in [-0.3, -0.25) is 14.4 Å². The highest BCUT2D eigenvalue weighted by molar-refractivity contribution is 5.71. The van der Waals surface area contributed by atoms with Crippen molar-refractivity contribution >= 4 is 17.9 Å². The molecule has 0 amide bonds. The van der Waals surface area contributed by atoms with Crippen LogP contribution in [0.15, 0.2) is 0 Å². The Bertz CT molecular complexity index is 936. The fraction of sp³-hybridized carbons (Fsp3) is 0.947. The molecule has 0 saturated carbocycles. The summed E-state index contributed by atoms with van der Waals surface area (Å²) in [7, 11) is 0. The van der Waals surface area contributed by atoms with Crippen LogP contribution in [0.3, 0.4) is 0 Å². The Morgan fingerprint density at radius 1 is 0.254 bits per heavy atom. The first-order chi connectivity index (χ1) is 31.0. The van der Waals surface area contributed by atoms with Crippen LogP contribution in [0.5, 0.6) is 0 Å². The van der Waals surface area contributed by atoms with Gasteiger partial charge in [-0.1, -0.05) is 290 Å². The first-order valence-corrected chi connectivity index (χ1v) is 28.5. The maximum Gasteiger partial charge on any atom is 0.306 e. The van der Waals surface area contributed by atoms with Gasteiger partial charge in [-0.2, -0.15) is 0 Å². The molecule has 0 heterocycles. The molecule has 0 aromatic rings. The normalized spacial score (nSPS) is 11.9. The fourth-order valence-corrected chi connectivity index (χ4v) is 8.80. The molecule has 6 nitrogen and oxygen atoms in total. The zero-order valence-corrected chi connectivity index (χ0v) is 42.9. The summed E-state index contributed by atoms with van der Waals surface area (Å²) in [5, 5.41) is 0. The van der Waals surface area contributed by atoms with Gasteiger partial charge in [0.25, 0.3) is 0 Å². The van der Waals surface area contributed by atoms with Crippen LogP contribution >= 0.6 is 0 Å². The molecule has 63 heavy (non-hydrogen) atoms. The van der Waals surface area contributed by atoms with E-state index < -0.39 is 6.10 Å². The summed E-state index contributed by atoms with van der Waals surface area (Å²) >= 11 is 0. The number of unbranched alkanes of at least 4 members (excludes halogenated alkanes) is 42. The van der Waals surface area contributed by atoms with Crippen molar-refractivity contribution in [2.75, 3.05) is 13.2 Å². The van der Waals surface area contributed by atoms with Crippen molar-refractivity contribution in [3.8, 4) is 0 Å². The van der Waals surface area contributed by atoms with Gasteiger partial charge >= 0.3 is 17.9 Å². The minimum Gasteiger partial charge on any atom is -0.462 e. The lowest BCUT2D eigenvalue weighted by molar-refractivity contribution is -0.167. The maximum absolute atomic E-state index is 12.8. The second kappa shape index (κ2) is 53.0. The lowest BCUT2D eigenvalue weighted by atomic mass is 10.0. The van der Waals surface area contributed by atoms with Crippen LogP contribution in [0, 0.1) is 0 Å². The lowest BCUT2D eigenvalue weighted by Gasteiger charge is -2.18. The van der Waals surface area contributed by atoms with E-state index in [2.05, 4.69) is 20.8 Å². The highest BCUT2D eigenvalue weighted by Crippen LogP contribution is 2.18. The third-order valence-corrected chi connectivity index (χ3v) is 13.1. The van der Waals surface area contributed by atoms with Gasteiger partial charge in [0.1, 0.15) is 13.2 Å². The predicted molar refractivity (Wildman–Crippen MR) is 270 cm³/mol. The lowest BCUT2D eigenvalue weighted by Crippen LogP contribution is -2.30. The number of carbonyl (C=O) groups is 3. The minimum absolute atomic E-state index is 0.0615. The number of rotatable bonds is 53.